The molecule has 1 heterocycles. The Morgan fingerprint density at radius 1 is 1.08 bits per heavy atom. The first-order valence-electron chi connectivity index (χ1n) is 7.60. The molecule has 0 saturated heterocycles. The van der Waals surface area contributed by atoms with E-state index in [1.165, 1.54) is 0 Å². The van der Waals surface area contributed by atoms with Crippen LogP contribution in [0.2, 0.25) is 10.0 Å². The quantitative estimate of drug-likeness (QED) is 0.759. The summed E-state index contributed by atoms with van der Waals surface area (Å²) >= 11 is 12.0. The molecular weight excluding hydrogens is 347 g/mol. The van der Waals surface area contributed by atoms with Gasteiger partial charge in [0.1, 0.15) is 11.4 Å². The first kappa shape index (κ1) is 16.9. The molecular formula is C19H16Cl2O3. The van der Waals surface area contributed by atoms with Gasteiger partial charge in [-0.25, -0.2) is 4.79 Å². The Balaban J connectivity index is 1.90. The van der Waals surface area contributed by atoms with E-state index in [-0.39, 0.29) is 12.2 Å². The van der Waals surface area contributed by atoms with E-state index in [1.807, 2.05) is 42.5 Å². The van der Waals surface area contributed by atoms with Crippen LogP contribution in [0.25, 0.3) is 0 Å². The summed E-state index contributed by atoms with van der Waals surface area (Å²) in [6.45, 7) is 0. The third-order valence-corrected chi connectivity index (χ3v) is 4.89. The lowest BCUT2D eigenvalue weighted by Crippen LogP contribution is -2.36. The Morgan fingerprint density at radius 2 is 1.83 bits per heavy atom. The van der Waals surface area contributed by atoms with Crippen molar-refractivity contribution in [2.45, 2.75) is 24.9 Å². The van der Waals surface area contributed by atoms with Crippen LogP contribution in [-0.2, 0) is 21.6 Å². The number of aliphatic hydroxyl groups excluding tert-OH is 1. The molecule has 0 spiro atoms. The van der Waals surface area contributed by atoms with E-state index >= 15 is 0 Å². The Bertz CT molecular complexity index is 786. The molecule has 0 radical (unpaired) electrons. The standard InChI is InChI=1S/C19H16Cl2O3/c20-16-7-6-13(10-17(16)21)8-9-19(14-4-2-1-3-5-14)12-15(22)11-18(23)24-19/h1-7,10-11,22H,8-9,12H2. The molecule has 3 nitrogen and oxygen atoms in total. The van der Waals surface area contributed by atoms with Crippen LogP contribution in [0.5, 0.6) is 0 Å². The van der Waals surface area contributed by atoms with E-state index in [1.54, 1.807) is 6.07 Å². The number of hydrogen-bond acceptors (Lipinski definition) is 3. The van der Waals surface area contributed by atoms with Gasteiger partial charge in [0.2, 0.25) is 0 Å². The highest BCUT2D eigenvalue weighted by Crippen LogP contribution is 2.39. The topological polar surface area (TPSA) is 46.5 Å². The van der Waals surface area contributed by atoms with Crippen molar-refractivity contribution < 1.29 is 14.6 Å². The number of halogens is 2. The maximum absolute atomic E-state index is 11.9. The highest BCUT2D eigenvalue weighted by atomic mass is 35.5. The largest absolute Gasteiger partial charge is 0.512 e. The predicted molar refractivity (Wildman–Crippen MR) is 94.3 cm³/mol. The molecule has 24 heavy (non-hydrogen) atoms. The maximum atomic E-state index is 11.9. The van der Waals surface area contributed by atoms with Gasteiger partial charge >= 0.3 is 5.97 Å². The summed E-state index contributed by atoms with van der Waals surface area (Å²) in [5.41, 5.74) is 0.964. The second kappa shape index (κ2) is 6.88. The molecule has 0 saturated carbocycles. The number of carbonyl (C=O) groups is 1. The molecule has 1 unspecified atom stereocenters. The molecule has 2 aromatic rings. The third kappa shape index (κ3) is 3.58. The minimum Gasteiger partial charge on any atom is -0.512 e. The minimum atomic E-state index is -0.886. The zero-order valence-electron chi connectivity index (χ0n) is 12.8. The summed E-state index contributed by atoms with van der Waals surface area (Å²) in [6, 6.07) is 14.9. The van der Waals surface area contributed by atoms with Crippen LogP contribution in [0.3, 0.4) is 0 Å². The van der Waals surface area contributed by atoms with Gasteiger partial charge in [-0.2, -0.15) is 0 Å². The monoisotopic (exact) mass is 362 g/mol. The van der Waals surface area contributed by atoms with Gasteiger partial charge in [0, 0.05) is 6.42 Å². The number of cyclic esters (lactones) is 1. The van der Waals surface area contributed by atoms with E-state index in [0.717, 1.165) is 17.2 Å². The first-order chi connectivity index (χ1) is 11.5. The summed E-state index contributed by atoms with van der Waals surface area (Å²) in [5, 5.41) is 11.0. The second-order valence-electron chi connectivity index (χ2n) is 5.84. The van der Waals surface area contributed by atoms with Crippen molar-refractivity contribution in [3.8, 4) is 0 Å². The molecule has 1 N–H and O–H groups in total. The van der Waals surface area contributed by atoms with Crippen molar-refractivity contribution in [3.05, 3.63) is 81.5 Å². The summed E-state index contributed by atoms with van der Waals surface area (Å²) in [4.78, 5) is 11.9. The molecule has 0 amide bonds. The van der Waals surface area contributed by atoms with Gasteiger partial charge in [0.05, 0.1) is 16.1 Å². The van der Waals surface area contributed by atoms with Crippen LogP contribution in [0.15, 0.2) is 60.4 Å². The van der Waals surface area contributed by atoms with E-state index in [9.17, 15) is 9.90 Å². The van der Waals surface area contributed by atoms with Crippen molar-refractivity contribution in [1.82, 2.24) is 0 Å². The van der Waals surface area contributed by atoms with Gasteiger partial charge < -0.3 is 9.84 Å². The van der Waals surface area contributed by atoms with Crippen LogP contribution in [0.4, 0.5) is 0 Å². The summed E-state index contributed by atoms with van der Waals surface area (Å²) in [7, 11) is 0. The highest BCUT2D eigenvalue weighted by Gasteiger charge is 2.39. The van der Waals surface area contributed by atoms with E-state index in [4.69, 9.17) is 27.9 Å². The molecule has 0 aromatic heterocycles. The van der Waals surface area contributed by atoms with Gasteiger partial charge in [-0.1, -0.05) is 59.6 Å². The van der Waals surface area contributed by atoms with Crippen LogP contribution in [0, 0.1) is 0 Å². The number of aryl methyl sites for hydroxylation is 1. The number of rotatable bonds is 4. The average Bonchev–Trinajstić information content (AvgIpc) is 2.56. The Labute approximate surface area is 150 Å². The van der Waals surface area contributed by atoms with Gasteiger partial charge in [0.15, 0.2) is 0 Å². The number of aliphatic hydroxyl groups is 1. The van der Waals surface area contributed by atoms with E-state index < -0.39 is 11.6 Å². The lowest BCUT2D eigenvalue weighted by atomic mass is 9.83. The predicted octanol–water partition coefficient (Wildman–Crippen LogP) is 5.21. The molecule has 0 fully saturated rings. The summed E-state index contributed by atoms with van der Waals surface area (Å²) in [6.07, 6.45) is 2.54. The number of ether oxygens (including phenoxy) is 1. The average molecular weight is 363 g/mol. The zero-order chi connectivity index (χ0) is 17.2. The first-order valence-corrected chi connectivity index (χ1v) is 8.36. The number of hydrogen-bond donors (Lipinski definition) is 1. The minimum absolute atomic E-state index is 0.0317. The lowest BCUT2D eigenvalue weighted by Gasteiger charge is -2.36. The molecule has 0 aliphatic carbocycles. The fourth-order valence-corrected chi connectivity index (χ4v) is 3.29. The summed E-state index contributed by atoms with van der Waals surface area (Å²) < 4.78 is 5.67. The molecule has 5 heteroatoms. The van der Waals surface area contributed by atoms with Crippen LogP contribution in [0.1, 0.15) is 24.0 Å². The van der Waals surface area contributed by atoms with Crippen LogP contribution < -0.4 is 0 Å². The number of carbonyl (C=O) groups excluding carboxylic acids is 1. The third-order valence-electron chi connectivity index (χ3n) is 4.15. The Hall–Kier alpha value is -1.97. The van der Waals surface area contributed by atoms with E-state index in [0.29, 0.717) is 22.9 Å². The van der Waals surface area contributed by atoms with Crippen molar-refractivity contribution in [3.63, 3.8) is 0 Å². The zero-order valence-corrected chi connectivity index (χ0v) is 14.3. The number of esters is 1. The van der Waals surface area contributed by atoms with Crippen LogP contribution >= 0.6 is 23.2 Å². The molecule has 1 atom stereocenters. The Morgan fingerprint density at radius 3 is 2.50 bits per heavy atom. The van der Waals surface area contributed by atoms with Gasteiger partial charge in [-0.05, 0) is 36.1 Å². The smallest absolute Gasteiger partial charge is 0.335 e. The highest BCUT2D eigenvalue weighted by molar-refractivity contribution is 6.42. The molecule has 124 valence electrons. The Kier molecular flexibility index (Phi) is 4.83. The molecule has 3 rings (SSSR count). The number of benzene rings is 2. The maximum Gasteiger partial charge on any atom is 0.335 e. The lowest BCUT2D eigenvalue weighted by molar-refractivity contribution is -0.159. The molecule has 1 aliphatic rings. The van der Waals surface area contributed by atoms with Crippen molar-refractivity contribution in [1.29, 1.82) is 0 Å². The molecule has 2 aromatic carbocycles. The van der Waals surface area contributed by atoms with Crippen molar-refractivity contribution in [2.24, 2.45) is 0 Å². The van der Waals surface area contributed by atoms with Crippen molar-refractivity contribution in [2.75, 3.05) is 0 Å². The second-order valence-corrected chi connectivity index (χ2v) is 6.66. The molecule has 1 aliphatic heterocycles. The fourth-order valence-electron chi connectivity index (χ4n) is 2.97. The normalized spacial score (nSPS) is 20.4. The van der Waals surface area contributed by atoms with Gasteiger partial charge in [-0.3, -0.25) is 0 Å². The SMILES string of the molecule is O=C1C=C(O)CC(CCc2ccc(Cl)c(Cl)c2)(c2ccccc2)O1. The van der Waals surface area contributed by atoms with Gasteiger partial charge in [-0.15, -0.1) is 0 Å². The fraction of sp³-hybridized carbons (Fsp3) is 0.211. The van der Waals surface area contributed by atoms with Crippen molar-refractivity contribution >= 4 is 29.2 Å². The van der Waals surface area contributed by atoms with E-state index in [2.05, 4.69) is 0 Å². The molecule has 0 bridgehead atoms. The van der Waals surface area contributed by atoms with Crippen LogP contribution in [-0.4, -0.2) is 11.1 Å². The van der Waals surface area contributed by atoms with Gasteiger partial charge in [0.25, 0.3) is 0 Å². The summed E-state index contributed by atoms with van der Waals surface area (Å²) in [5.74, 6) is -0.499.